The van der Waals surface area contributed by atoms with Crippen molar-refractivity contribution in [2.24, 2.45) is 10.3 Å². The van der Waals surface area contributed by atoms with Crippen LogP contribution in [0.1, 0.15) is 29.0 Å². The Morgan fingerprint density at radius 1 is 1.03 bits per heavy atom. The van der Waals surface area contributed by atoms with Crippen LogP contribution in [0, 0.1) is 0 Å². The number of aromatic nitrogens is 2. The minimum Gasteiger partial charge on any atom is -0.337 e. The molecule has 1 saturated heterocycles. The molecule has 1 aromatic heterocycles. The molecule has 3 aromatic rings. The zero-order valence-electron chi connectivity index (χ0n) is 18.1. The SMILES string of the molecule is O=C1[C@H]2N=NN(Cc3nc(-c4cccc(C(F)(F)F)c4)no3)[C@H]2C(=O)N1c1ccc2c(c1)CCC2. The van der Waals surface area contributed by atoms with Gasteiger partial charge in [0.05, 0.1) is 11.3 Å². The lowest BCUT2D eigenvalue weighted by Gasteiger charge is -2.19. The van der Waals surface area contributed by atoms with E-state index >= 15 is 0 Å². The third kappa shape index (κ3) is 3.56. The first-order valence-electron chi connectivity index (χ1n) is 11.0. The van der Waals surface area contributed by atoms with Crippen LogP contribution in [0.4, 0.5) is 18.9 Å². The quantitative estimate of drug-likeness (QED) is 0.525. The van der Waals surface area contributed by atoms with Crippen LogP contribution in [0.2, 0.25) is 0 Å². The number of carbonyl (C=O) groups excluding carboxylic acids is 2. The molecule has 3 heterocycles. The molecule has 0 radical (unpaired) electrons. The first kappa shape index (κ1) is 21.4. The van der Waals surface area contributed by atoms with E-state index < -0.39 is 35.6 Å². The summed E-state index contributed by atoms with van der Waals surface area (Å²) in [6, 6.07) is 8.20. The summed E-state index contributed by atoms with van der Waals surface area (Å²) >= 11 is 0. The van der Waals surface area contributed by atoms with Crippen LogP contribution in [0.15, 0.2) is 57.3 Å². The predicted molar refractivity (Wildman–Crippen MR) is 114 cm³/mol. The lowest BCUT2D eigenvalue weighted by atomic mass is 10.1. The summed E-state index contributed by atoms with van der Waals surface area (Å²) in [5, 5.41) is 13.0. The monoisotopic (exact) mass is 482 g/mol. The van der Waals surface area contributed by atoms with E-state index in [1.165, 1.54) is 22.7 Å². The lowest BCUT2D eigenvalue weighted by Crippen LogP contribution is -2.39. The number of rotatable bonds is 4. The van der Waals surface area contributed by atoms with Crippen LogP contribution < -0.4 is 4.90 Å². The van der Waals surface area contributed by atoms with E-state index in [1.807, 2.05) is 12.1 Å². The fraction of sp³-hybridized carbons (Fsp3) is 0.304. The van der Waals surface area contributed by atoms with E-state index in [1.54, 1.807) is 6.07 Å². The normalized spacial score (nSPS) is 21.2. The number of aryl methyl sites for hydroxylation is 2. The number of hydrogen-bond acceptors (Lipinski definition) is 8. The number of hydrogen-bond donors (Lipinski definition) is 0. The van der Waals surface area contributed by atoms with Gasteiger partial charge in [-0.3, -0.25) is 14.6 Å². The smallest absolute Gasteiger partial charge is 0.337 e. The molecular weight excluding hydrogens is 465 g/mol. The number of nitrogens with zero attached hydrogens (tertiary/aromatic N) is 6. The van der Waals surface area contributed by atoms with E-state index in [4.69, 9.17) is 4.52 Å². The Labute approximate surface area is 196 Å². The zero-order chi connectivity index (χ0) is 24.3. The van der Waals surface area contributed by atoms with Crippen LogP contribution in [0.3, 0.4) is 0 Å². The molecule has 9 nitrogen and oxygen atoms in total. The van der Waals surface area contributed by atoms with Crippen LogP contribution in [-0.4, -0.2) is 39.0 Å². The minimum atomic E-state index is -4.51. The second kappa shape index (κ2) is 7.72. The van der Waals surface area contributed by atoms with Gasteiger partial charge in [0.1, 0.15) is 6.54 Å². The number of alkyl halides is 3. The van der Waals surface area contributed by atoms with Crippen molar-refractivity contribution in [1.82, 2.24) is 15.1 Å². The Morgan fingerprint density at radius 2 is 1.86 bits per heavy atom. The molecule has 1 fully saturated rings. The number of fused-ring (bicyclic) bond motifs is 2. The van der Waals surface area contributed by atoms with Crippen molar-refractivity contribution in [3.05, 3.63) is 65.0 Å². The van der Waals surface area contributed by atoms with Crippen molar-refractivity contribution in [2.45, 2.75) is 44.1 Å². The molecule has 6 rings (SSSR count). The molecule has 2 aromatic carbocycles. The highest BCUT2D eigenvalue weighted by Gasteiger charge is 2.55. The largest absolute Gasteiger partial charge is 0.416 e. The first-order valence-corrected chi connectivity index (χ1v) is 11.0. The van der Waals surface area contributed by atoms with Gasteiger partial charge in [0.2, 0.25) is 11.7 Å². The van der Waals surface area contributed by atoms with E-state index in [-0.39, 0.29) is 23.8 Å². The van der Waals surface area contributed by atoms with Gasteiger partial charge >= 0.3 is 6.18 Å². The van der Waals surface area contributed by atoms with Crippen molar-refractivity contribution < 1.29 is 27.3 Å². The highest BCUT2D eigenvalue weighted by atomic mass is 19.4. The van der Waals surface area contributed by atoms with Gasteiger partial charge in [-0.15, -0.1) is 0 Å². The van der Waals surface area contributed by atoms with Crippen LogP contribution in [-0.2, 0) is 35.2 Å². The maximum absolute atomic E-state index is 13.2. The highest BCUT2D eigenvalue weighted by molar-refractivity contribution is 6.25. The molecule has 0 saturated carbocycles. The van der Waals surface area contributed by atoms with Gasteiger partial charge in [-0.25, -0.2) is 4.90 Å². The van der Waals surface area contributed by atoms with Gasteiger partial charge in [0.25, 0.3) is 11.8 Å². The van der Waals surface area contributed by atoms with Gasteiger partial charge < -0.3 is 4.52 Å². The van der Waals surface area contributed by atoms with E-state index in [0.717, 1.165) is 41.9 Å². The maximum atomic E-state index is 13.2. The highest BCUT2D eigenvalue weighted by Crippen LogP contribution is 2.35. The Hall–Kier alpha value is -4.09. The van der Waals surface area contributed by atoms with E-state index in [2.05, 4.69) is 20.5 Å². The van der Waals surface area contributed by atoms with Gasteiger partial charge in [-0.1, -0.05) is 28.6 Å². The Morgan fingerprint density at radius 3 is 2.69 bits per heavy atom. The number of halogens is 3. The summed E-state index contributed by atoms with van der Waals surface area (Å²) in [6.45, 7) is -0.131. The average molecular weight is 482 g/mol. The zero-order valence-corrected chi connectivity index (χ0v) is 18.1. The number of amides is 2. The average Bonchev–Trinajstić information content (AvgIpc) is 3.61. The number of benzene rings is 2. The summed E-state index contributed by atoms with van der Waals surface area (Å²) in [5.41, 5.74) is 2.16. The van der Waals surface area contributed by atoms with Crippen molar-refractivity contribution in [2.75, 3.05) is 4.90 Å². The van der Waals surface area contributed by atoms with Crippen LogP contribution in [0.25, 0.3) is 11.4 Å². The molecule has 3 aliphatic rings. The number of carbonyl (C=O) groups is 2. The molecule has 2 aliphatic heterocycles. The van der Waals surface area contributed by atoms with E-state index in [9.17, 15) is 22.8 Å². The third-order valence-electron chi connectivity index (χ3n) is 6.41. The summed E-state index contributed by atoms with van der Waals surface area (Å²) in [5.74, 6) is -0.930. The van der Waals surface area contributed by atoms with Crippen molar-refractivity contribution in [3.8, 4) is 11.4 Å². The molecule has 0 bridgehead atoms. The Bertz CT molecular complexity index is 1380. The van der Waals surface area contributed by atoms with Gasteiger partial charge in [0.15, 0.2) is 12.1 Å². The summed E-state index contributed by atoms with van der Waals surface area (Å²) < 4.78 is 44.2. The van der Waals surface area contributed by atoms with Crippen LogP contribution in [0.5, 0.6) is 0 Å². The molecule has 0 N–H and O–H groups in total. The molecular formula is C23H17F3N6O3. The fourth-order valence-electron chi connectivity index (χ4n) is 4.72. The maximum Gasteiger partial charge on any atom is 0.416 e. The predicted octanol–water partition coefficient (Wildman–Crippen LogP) is 3.74. The standard InChI is InChI=1S/C23H17F3N6O3/c24-23(25,26)15-6-2-5-14(9-15)20-27-17(35-29-20)11-31-19-18(28-30-31)21(33)32(22(19)34)16-8-7-12-3-1-4-13(12)10-16/h2,5-10,18-19H,1,3-4,11H2/t18-,19+/m0/s1. The van der Waals surface area contributed by atoms with Crippen molar-refractivity contribution >= 4 is 17.5 Å². The van der Waals surface area contributed by atoms with Gasteiger partial charge in [-0.2, -0.15) is 23.3 Å². The Kier molecular flexibility index (Phi) is 4.73. The van der Waals surface area contributed by atoms with E-state index in [0.29, 0.717) is 5.69 Å². The molecule has 1 aliphatic carbocycles. The second-order valence-corrected chi connectivity index (χ2v) is 8.60. The second-order valence-electron chi connectivity index (χ2n) is 8.60. The van der Waals surface area contributed by atoms with Crippen molar-refractivity contribution in [1.29, 1.82) is 0 Å². The van der Waals surface area contributed by atoms with Crippen molar-refractivity contribution in [3.63, 3.8) is 0 Å². The number of imide groups is 1. The summed E-state index contributed by atoms with van der Waals surface area (Å²) in [7, 11) is 0. The number of anilines is 1. The van der Waals surface area contributed by atoms with Gasteiger partial charge in [-0.05, 0) is 54.7 Å². The third-order valence-corrected chi connectivity index (χ3v) is 6.41. The first-order chi connectivity index (χ1) is 16.8. The molecule has 0 spiro atoms. The minimum absolute atomic E-state index is 0.0215. The van der Waals surface area contributed by atoms with Crippen LogP contribution >= 0.6 is 0 Å². The summed E-state index contributed by atoms with van der Waals surface area (Å²) in [6.07, 6.45) is -1.57. The molecule has 178 valence electrons. The Balaban J connectivity index is 1.22. The van der Waals surface area contributed by atoms with Gasteiger partial charge in [0, 0.05) is 5.56 Å². The molecule has 0 unspecified atom stereocenters. The summed E-state index contributed by atoms with van der Waals surface area (Å²) in [4.78, 5) is 31.5. The molecule has 2 amide bonds. The molecule has 12 heteroatoms. The topological polar surface area (TPSA) is 104 Å². The molecule has 2 atom stereocenters. The fourth-order valence-corrected chi connectivity index (χ4v) is 4.72. The lowest BCUT2D eigenvalue weighted by molar-refractivity contribution is -0.137. The molecule has 35 heavy (non-hydrogen) atoms.